The van der Waals surface area contributed by atoms with Crippen molar-refractivity contribution < 1.29 is 0 Å². The largest absolute Gasteiger partial charge is 0.271 e. The Morgan fingerprint density at radius 3 is 2.60 bits per heavy atom. The quantitative estimate of drug-likeness (QED) is 0.659. The van der Waals surface area contributed by atoms with E-state index in [0.29, 0.717) is 12.0 Å². The fraction of sp³-hybridized carbons (Fsp3) is 0.636. The third-order valence-corrected chi connectivity index (χ3v) is 4.91. The van der Waals surface area contributed by atoms with Gasteiger partial charge in [-0.15, -0.1) is 11.3 Å². The Kier molecular flexibility index (Phi) is 4.20. The molecule has 1 saturated carbocycles. The number of nitrogens with two attached hydrogens (primary N) is 1. The van der Waals surface area contributed by atoms with Gasteiger partial charge in [-0.05, 0) is 46.8 Å². The van der Waals surface area contributed by atoms with Crippen molar-refractivity contribution in [3.8, 4) is 0 Å². The van der Waals surface area contributed by atoms with E-state index < -0.39 is 0 Å². The zero-order valence-corrected chi connectivity index (χ0v) is 11.1. The molecule has 1 unspecified atom stereocenters. The molecule has 0 aliphatic heterocycles. The van der Waals surface area contributed by atoms with Crippen molar-refractivity contribution in [1.82, 2.24) is 5.43 Å². The van der Waals surface area contributed by atoms with E-state index in [1.165, 1.54) is 40.8 Å². The second-order valence-electron chi connectivity index (χ2n) is 4.18. The molecule has 2 rings (SSSR count). The van der Waals surface area contributed by atoms with Crippen LogP contribution in [0.3, 0.4) is 0 Å². The summed E-state index contributed by atoms with van der Waals surface area (Å²) in [5.74, 6) is 6.40. The summed E-state index contributed by atoms with van der Waals surface area (Å²) in [6.45, 7) is 0. The summed E-state index contributed by atoms with van der Waals surface area (Å²) < 4.78 is 1.19. The predicted molar refractivity (Wildman–Crippen MR) is 68.7 cm³/mol. The van der Waals surface area contributed by atoms with Crippen molar-refractivity contribution in [2.75, 3.05) is 0 Å². The molecule has 3 N–H and O–H groups in total. The van der Waals surface area contributed by atoms with Crippen molar-refractivity contribution in [2.24, 2.45) is 11.8 Å². The van der Waals surface area contributed by atoms with E-state index >= 15 is 0 Å². The maximum Gasteiger partial charge on any atom is 0.0702 e. The number of halogens is 1. The van der Waals surface area contributed by atoms with Gasteiger partial charge in [0, 0.05) is 4.88 Å². The van der Waals surface area contributed by atoms with E-state index in [1.807, 2.05) is 0 Å². The van der Waals surface area contributed by atoms with Crippen LogP contribution in [0.1, 0.15) is 43.0 Å². The fourth-order valence-electron chi connectivity index (χ4n) is 2.41. The number of thiophene rings is 1. The highest BCUT2D eigenvalue weighted by molar-refractivity contribution is 9.11. The first kappa shape index (κ1) is 11.6. The van der Waals surface area contributed by atoms with Crippen LogP contribution in [0, 0.1) is 5.92 Å². The van der Waals surface area contributed by atoms with Gasteiger partial charge in [0.1, 0.15) is 0 Å². The van der Waals surface area contributed by atoms with E-state index in [-0.39, 0.29) is 0 Å². The average Bonchev–Trinajstić information content (AvgIpc) is 2.68. The number of rotatable bonds is 3. The lowest BCUT2D eigenvalue weighted by molar-refractivity contribution is 0.276. The van der Waals surface area contributed by atoms with Crippen LogP contribution in [0.15, 0.2) is 15.9 Å². The number of hydrogen-bond donors (Lipinski definition) is 2. The molecule has 0 bridgehead atoms. The lowest BCUT2D eigenvalue weighted by Gasteiger charge is -2.29. The second kappa shape index (κ2) is 5.43. The highest BCUT2D eigenvalue weighted by Crippen LogP contribution is 2.37. The molecule has 1 heterocycles. The third kappa shape index (κ3) is 2.81. The molecular weight excluding hydrogens is 272 g/mol. The van der Waals surface area contributed by atoms with Gasteiger partial charge in [-0.2, -0.15) is 0 Å². The van der Waals surface area contributed by atoms with Crippen LogP contribution in [-0.4, -0.2) is 0 Å². The Morgan fingerprint density at radius 2 is 2.07 bits per heavy atom. The van der Waals surface area contributed by atoms with Gasteiger partial charge in [0.25, 0.3) is 0 Å². The van der Waals surface area contributed by atoms with E-state index in [0.717, 1.165) is 0 Å². The monoisotopic (exact) mass is 288 g/mol. The molecule has 0 radical (unpaired) electrons. The van der Waals surface area contributed by atoms with Crippen molar-refractivity contribution in [2.45, 2.75) is 38.1 Å². The van der Waals surface area contributed by atoms with Gasteiger partial charge in [0.05, 0.1) is 9.83 Å². The normalized spacial score (nSPS) is 20.4. The Labute approximate surface area is 103 Å². The first-order chi connectivity index (χ1) is 7.31. The van der Waals surface area contributed by atoms with Gasteiger partial charge >= 0.3 is 0 Å². The summed E-state index contributed by atoms with van der Waals surface area (Å²) in [6, 6.07) is 4.63. The Balaban J connectivity index is 2.08. The minimum atomic E-state index is 0.349. The first-order valence-corrected chi connectivity index (χ1v) is 7.13. The van der Waals surface area contributed by atoms with Gasteiger partial charge in [-0.3, -0.25) is 11.3 Å². The predicted octanol–water partition coefficient (Wildman–Crippen LogP) is 3.60. The van der Waals surface area contributed by atoms with Crippen LogP contribution in [-0.2, 0) is 0 Å². The molecular formula is C11H17BrN2S. The molecule has 4 heteroatoms. The molecule has 2 nitrogen and oxygen atoms in total. The molecule has 15 heavy (non-hydrogen) atoms. The topological polar surface area (TPSA) is 38.0 Å². The van der Waals surface area contributed by atoms with E-state index in [9.17, 15) is 0 Å². The molecule has 1 aromatic heterocycles. The number of hydrazine groups is 1. The Bertz CT molecular complexity index is 307. The number of nitrogens with one attached hydrogen (secondary N) is 1. The fourth-order valence-corrected chi connectivity index (χ4v) is 3.99. The molecule has 0 amide bonds. The van der Waals surface area contributed by atoms with Gasteiger partial charge in [-0.1, -0.05) is 19.3 Å². The molecule has 0 spiro atoms. The van der Waals surface area contributed by atoms with Crippen molar-refractivity contribution >= 4 is 27.3 Å². The van der Waals surface area contributed by atoms with Crippen molar-refractivity contribution in [3.63, 3.8) is 0 Å². The zero-order chi connectivity index (χ0) is 10.7. The minimum absolute atomic E-state index is 0.349. The van der Waals surface area contributed by atoms with Crippen LogP contribution in [0.4, 0.5) is 0 Å². The highest BCUT2D eigenvalue weighted by atomic mass is 79.9. The van der Waals surface area contributed by atoms with Crippen molar-refractivity contribution in [3.05, 3.63) is 20.8 Å². The van der Waals surface area contributed by atoms with Gasteiger partial charge in [0.2, 0.25) is 0 Å². The molecule has 0 aromatic carbocycles. The summed E-state index contributed by atoms with van der Waals surface area (Å²) in [5.41, 5.74) is 2.99. The van der Waals surface area contributed by atoms with E-state index in [1.54, 1.807) is 11.3 Å². The Hall–Kier alpha value is 0.1000. The van der Waals surface area contributed by atoms with E-state index in [4.69, 9.17) is 5.84 Å². The van der Waals surface area contributed by atoms with Gasteiger partial charge in [-0.25, -0.2) is 0 Å². The average molecular weight is 289 g/mol. The summed E-state index contributed by atoms with van der Waals surface area (Å²) in [7, 11) is 0. The highest BCUT2D eigenvalue weighted by Gasteiger charge is 2.24. The molecule has 0 saturated heterocycles. The standard InChI is InChI=1S/C11H17BrN2S/c12-10-7-6-9(15-10)11(14-13)8-4-2-1-3-5-8/h6-8,11,14H,1-5,13H2. The molecule has 1 aromatic rings. The summed E-state index contributed by atoms with van der Waals surface area (Å²) >= 11 is 5.29. The van der Waals surface area contributed by atoms with Gasteiger partial charge in [0.15, 0.2) is 0 Å². The summed E-state index contributed by atoms with van der Waals surface area (Å²) in [4.78, 5) is 1.36. The molecule has 1 atom stereocenters. The lowest BCUT2D eigenvalue weighted by Crippen LogP contribution is -2.33. The minimum Gasteiger partial charge on any atom is -0.271 e. The van der Waals surface area contributed by atoms with Crippen LogP contribution >= 0.6 is 27.3 Å². The SMILES string of the molecule is NNC(c1ccc(Br)s1)C1CCCCC1. The molecule has 1 fully saturated rings. The molecule has 1 aliphatic carbocycles. The smallest absolute Gasteiger partial charge is 0.0702 e. The zero-order valence-electron chi connectivity index (χ0n) is 8.71. The summed E-state index contributed by atoms with van der Waals surface area (Å²) in [6.07, 6.45) is 6.72. The van der Waals surface area contributed by atoms with Crippen LogP contribution in [0.2, 0.25) is 0 Å². The molecule has 84 valence electrons. The maximum atomic E-state index is 5.69. The van der Waals surface area contributed by atoms with Crippen LogP contribution in [0.5, 0.6) is 0 Å². The second-order valence-corrected chi connectivity index (χ2v) is 6.68. The lowest BCUT2D eigenvalue weighted by atomic mass is 9.83. The maximum absolute atomic E-state index is 5.69. The summed E-state index contributed by atoms with van der Waals surface area (Å²) in [5, 5.41) is 0. The first-order valence-electron chi connectivity index (χ1n) is 5.52. The van der Waals surface area contributed by atoms with Crippen molar-refractivity contribution in [1.29, 1.82) is 0 Å². The number of hydrogen-bond acceptors (Lipinski definition) is 3. The van der Waals surface area contributed by atoms with Gasteiger partial charge < -0.3 is 0 Å². The molecule has 1 aliphatic rings. The van der Waals surface area contributed by atoms with Crippen LogP contribution < -0.4 is 11.3 Å². The third-order valence-electron chi connectivity index (χ3n) is 3.20. The van der Waals surface area contributed by atoms with E-state index in [2.05, 4.69) is 33.5 Å². The van der Waals surface area contributed by atoms with Crippen LogP contribution in [0.25, 0.3) is 0 Å². The Morgan fingerprint density at radius 1 is 1.33 bits per heavy atom.